The van der Waals surface area contributed by atoms with Crippen molar-refractivity contribution in [1.82, 2.24) is 10.6 Å². The van der Waals surface area contributed by atoms with Gasteiger partial charge in [-0.15, -0.1) is 0 Å². The van der Waals surface area contributed by atoms with Gasteiger partial charge in [-0.1, -0.05) is 0 Å². The van der Waals surface area contributed by atoms with E-state index in [1.807, 2.05) is 19.9 Å². The number of guanidine groups is 1. The van der Waals surface area contributed by atoms with Gasteiger partial charge in [-0.05, 0) is 32.9 Å². The second-order valence-electron chi connectivity index (χ2n) is 6.08. The molecule has 1 atom stereocenters. The van der Waals surface area contributed by atoms with E-state index in [-0.39, 0.29) is 18.5 Å². The highest BCUT2D eigenvalue weighted by Gasteiger charge is 2.21. The predicted molar refractivity (Wildman–Crippen MR) is 101 cm³/mol. The molecule has 1 heterocycles. The van der Waals surface area contributed by atoms with E-state index in [0.717, 1.165) is 30.0 Å². The molecule has 1 aromatic carbocycles. The van der Waals surface area contributed by atoms with Crippen molar-refractivity contribution in [3.63, 3.8) is 0 Å². The third-order valence-corrected chi connectivity index (χ3v) is 3.98. The molecule has 26 heavy (non-hydrogen) atoms. The van der Waals surface area contributed by atoms with Crippen LogP contribution in [0.3, 0.4) is 0 Å². The monoisotopic (exact) mass is 363 g/mol. The maximum Gasteiger partial charge on any atom is 0.307 e. The Bertz CT molecular complexity index is 646. The average molecular weight is 363 g/mol. The van der Waals surface area contributed by atoms with Gasteiger partial charge < -0.3 is 24.8 Å². The highest BCUT2D eigenvalue weighted by atomic mass is 16.5. The number of esters is 1. The number of aliphatic imine (C=N–C) groups is 1. The van der Waals surface area contributed by atoms with E-state index in [0.29, 0.717) is 25.7 Å². The fourth-order valence-electron chi connectivity index (χ4n) is 2.79. The quantitative estimate of drug-likeness (QED) is 0.418. The third-order valence-electron chi connectivity index (χ3n) is 3.98. The summed E-state index contributed by atoms with van der Waals surface area (Å²) in [6.45, 7) is 8.27. The fourth-order valence-corrected chi connectivity index (χ4v) is 2.79. The number of ether oxygens (including phenoxy) is 3. The van der Waals surface area contributed by atoms with Gasteiger partial charge in [0.1, 0.15) is 17.6 Å². The molecule has 0 bridgehead atoms. The summed E-state index contributed by atoms with van der Waals surface area (Å²) in [5.74, 6) is 2.15. The summed E-state index contributed by atoms with van der Waals surface area (Å²) in [5.41, 5.74) is 2.15. The Hall–Kier alpha value is -2.44. The first-order chi connectivity index (χ1) is 12.6. The van der Waals surface area contributed by atoms with Crippen LogP contribution < -0.4 is 20.1 Å². The number of hydrogen-bond donors (Lipinski definition) is 2. The first-order valence-electron chi connectivity index (χ1n) is 9.11. The van der Waals surface area contributed by atoms with Crippen LogP contribution >= 0.6 is 0 Å². The molecule has 144 valence electrons. The summed E-state index contributed by atoms with van der Waals surface area (Å²) in [6, 6.07) is 4.08. The average Bonchev–Trinajstić information content (AvgIpc) is 2.98. The summed E-state index contributed by atoms with van der Waals surface area (Å²) in [4.78, 5) is 15.8. The first-order valence-corrected chi connectivity index (χ1v) is 9.11. The maximum atomic E-state index is 11.2. The molecule has 0 spiro atoms. The number of nitrogens with zero attached hydrogens (tertiary/aromatic N) is 1. The summed E-state index contributed by atoms with van der Waals surface area (Å²) in [6.07, 6.45) is 1.38. The van der Waals surface area contributed by atoms with E-state index in [4.69, 9.17) is 9.47 Å². The van der Waals surface area contributed by atoms with E-state index in [9.17, 15) is 4.79 Å². The van der Waals surface area contributed by atoms with Crippen LogP contribution in [0.15, 0.2) is 17.1 Å². The molecule has 0 saturated carbocycles. The van der Waals surface area contributed by atoms with E-state index >= 15 is 0 Å². The molecule has 1 unspecified atom stereocenters. The molecule has 0 radical (unpaired) electrons. The molecule has 2 N–H and O–H groups in total. The van der Waals surface area contributed by atoms with Crippen molar-refractivity contribution < 1.29 is 19.0 Å². The SMILES string of the molecule is CCNC(=NCc1cc2c(cc1OCC)CC(C)O2)NCCC(=O)OC. The summed E-state index contributed by atoms with van der Waals surface area (Å²) >= 11 is 0. The number of nitrogens with one attached hydrogen (secondary N) is 2. The van der Waals surface area contributed by atoms with Gasteiger partial charge >= 0.3 is 5.97 Å². The van der Waals surface area contributed by atoms with Crippen molar-refractivity contribution in [2.24, 2.45) is 4.99 Å². The van der Waals surface area contributed by atoms with Crippen LogP contribution in [-0.2, 0) is 22.5 Å². The molecule has 7 heteroatoms. The standard InChI is InChI=1S/C19H29N3O4/c1-5-20-19(21-8-7-18(23)24-4)22-12-15-11-17-14(9-13(3)26-17)10-16(15)25-6-2/h10-11,13H,5-9,12H2,1-4H3,(H2,20,21,22). The molecule has 7 nitrogen and oxygen atoms in total. The molecule has 0 fully saturated rings. The van der Waals surface area contributed by atoms with Crippen molar-refractivity contribution in [3.05, 3.63) is 23.3 Å². The largest absolute Gasteiger partial charge is 0.494 e. The Morgan fingerprint density at radius 1 is 1.35 bits per heavy atom. The van der Waals surface area contributed by atoms with Crippen molar-refractivity contribution in [3.8, 4) is 11.5 Å². The van der Waals surface area contributed by atoms with Crippen LogP contribution in [0.1, 0.15) is 38.3 Å². The second kappa shape index (κ2) is 9.89. The van der Waals surface area contributed by atoms with Gasteiger partial charge in [-0.25, -0.2) is 4.99 Å². The van der Waals surface area contributed by atoms with Gasteiger partial charge in [0.05, 0.1) is 26.7 Å². The molecule has 0 aromatic heterocycles. The molecule has 0 aliphatic carbocycles. The Labute approximate surface area is 155 Å². The first kappa shape index (κ1) is 19.9. The number of rotatable bonds is 8. The van der Waals surface area contributed by atoms with Gasteiger partial charge in [0.2, 0.25) is 0 Å². The van der Waals surface area contributed by atoms with E-state index in [1.54, 1.807) is 0 Å². The molecular weight excluding hydrogens is 334 g/mol. The van der Waals surface area contributed by atoms with E-state index < -0.39 is 0 Å². The van der Waals surface area contributed by atoms with Crippen LogP contribution in [0.4, 0.5) is 0 Å². The minimum absolute atomic E-state index is 0.190. The molecule has 0 saturated heterocycles. The number of carbonyl (C=O) groups excluding carboxylic acids is 1. The Balaban J connectivity index is 2.09. The molecule has 1 aromatic rings. The van der Waals surface area contributed by atoms with Crippen molar-refractivity contribution in [2.75, 3.05) is 26.8 Å². The molecule has 0 amide bonds. The van der Waals surface area contributed by atoms with Gasteiger partial charge in [-0.3, -0.25) is 4.79 Å². The zero-order chi connectivity index (χ0) is 18.9. The van der Waals surface area contributed by atoms with Gasteiger partial charge in [-0.2, -0.15) is 0 Å². The zero-order valence-electron chi connectivity index (χ0n) is 16.1. The van der Waals surface area contributed by atoms with Crippen LogP contribution in [-0.4, -0.2) is 44.8 Å². The number of hydrogen-bond acceptors (Lipinski definition) is 5. The lowest BCUT2D eigenvalue weighted by Crippen LogP contribution is -2.38. The van der Waals surface area contributed by atoms with Crippen LogP contribution in [0.2, 0.25) is 0 Å². The van der Waals surface area contributed by atoms with Crippen molar-refractivity contribution >= 4 is 11.9 Å². The van der Waals surface area contributed by atoms with Gasteiger partial charge in [0.25, 0.3) is 0 Å². The normalized spacial score (nSPS) is 15.8. The minimum Gasteiger partial charge on any atom is -0.494 e. The second-order valence-corrected chi connectivity index (χ2v) is 6.08. The Morgan fingerprint density at radius 2 is 2.15 bits per heavy atom. The van der Waals surface area contributed by atoms with Crippen molar-refractivity contribution in [1.29, 1.82) is 0 Å². The summed E-state index contributed by atoms with van der Waals surface area (Å²) in [7, 11) is 1.38. The topological polar surface area (TPSA) is 81.2 Å². The van der Waals surface area contributed by atoms with Crippen molar-refractivity contribution in [2.45, 2.75) is 46.3 Å². The molecular formula is C19H29N3O4. The lowest BCUT2D eigenvalue weighted by molar-refractivity contribution is -0.140. The molecule has 2 rings (SSSR count). The molecule has 1 aliphatic rings. The van der Waals surface area contributed by atoms with Crippen LogP contribution in [0.25, 0.3) is 0 Å². The van der Waals surface area contributed by atoms with Gasteiger partial charge in [0.15, 0.2) is 5.96 Å². The molecule has 1 aliphatic heterocycles. The zero-order valence-corrected chi connectivity index (χ0v) is 16.1. The lowest BCUT2D eigenvalue weighted by atomic mass is 10.1. The smallest absolute Gasteiger partial charge is 0.307 e. The summed E-state index contributed by atoms with van der Waals surface area (Å²) < 4.78 is 16.3. The maximum absolute atomic E-state index is 11.2. The van der Waals surface area contributed by atoms with Gasteiger partial charge in [0, 0.05) is 30.6 Å². The predicted octanol–water partition coefficient (Wildman–Crippen LogP) is 2.03. The number of benzene rings is 1. The lowest BCUT2D eigenvalue weighted by Gasteiger charge is -2.13. The number of carbonyl (C=O) groups is 1. The Morgan fingerprint density at radius 3 is 2.85 bits per heavy atom. The highest BCUT2D eigenvalue weighted by molar-refractivity contribution is 5.80. The van der Waals surface area contributed by atoms with E-state index in [1.165, 1.54) is 12.7 Å². The summed E-state index contributed by atoms with van der Waals surface area (Å²) in [5, 5.41) is 6.30. The third kappa shape index (κ3) is 5.54. The number of methoxy groups -OCH3 is 1. The fraction of sp³-hybridized carbons (Fsp3) is 0.579. The van der Waals surface area contributed by atoms with Crippen LogP contribution in [0.5, 0.6) is 11.5 Å². The van der Waals surface area contributed by atoms with Crippen LogP contribution in [0, 0.1) is 0 Å². The Kier molecular flexibility index (Phi) is 7.56. The van der Waals surface area contributed by atoms with E-state index in [2.05, 4.69) is 33.4 Å². The highest BCUT2D eigenvalue weighted by Crippen LogP contribution is 2.35. The number of fused-ring (bicyclic) bond motifs is 1. The minimum atomic E-state index is -0.253.